The van der Waals surface area contributed by atoms with Crippen LogP contribution in [0.25, 0.3) is 0 Å². The number of alkyl halides is 2. The lowest BCUT2D eigenvalue weighted by molar-refractivity contribution is -0.0498. The van der Waals surface area contributed by atoms with Crippen molar-refractivity contribution in [1.82, 2.24) is 10.2 Å². The molecule has 4 saturated carbocycles. The van der Waals surface area contributed by atoms with Crippen molar-refractivity contribution >= 4 is 22.4 Å². The monoisotopic (exact) mass is 405 g/mol. The summed E-state index contributed by atoms with van der Waals surface area (Å²) in [7, 11) is 0. The first-order valence-corrected chi connectivity index (χ1v) is 10.5. The van der Waals surface area contributed by atoms with Crippen molar-refractivity contribution in [3.8, 4) is 5.75 Å². The van der Waals surface area contributed by atoms with Gasteiger partial charge < -0.3 is 4.74 Å². The minimum absolute atomic E-state index is 0.0471. The number of carbonyl (C=O) groups is 1. The van der Waals surface area contributed by atoms with Gasteiger partial charge >= 0.3 is 6.61 Å². The molecule has 28 heavy (non-hydrogen) atoms. The number of nitrogens with one attached hydrogen (secondary N) is 1. The van der Waals surface area contributed by atoms with Gasteiger partial charge in [0, 0.05) is 11.0 Å². The predicted octanol–water partition coefficient (Wildman–Crippen LogP) is 4.86. The van der Waals surface area contributed by atoms with Crippen LogP contribution in [0, 0.1) is 17.8 Å². The van der Waals surface area contributed by atoms with Crippen LogP contribution in [0.2, 0.25) is 0 Å². The largest absolute Gasteiger partial charge is 0.435 e. The predicted molar refractivity (Wildman–Crippen MR) is 101 cm³/mol. The highest BCUT2D eigenvalue weighted by molar-refractivity contribution is 7.15. The average Bonchev–Trinajstić information content (AvgIpc) is 3.09. The van der Waals surface area contributed by atoms with Crippen LogP contribution in [-0.4, -0.2) is 22.7 Å². The topological polar surface area (TPSA) is 64.1 Å². The molecule has 4 aliphatic rings. The number of nitrogens with zero attached hydrogens (tertiary/aromatic N) is 2. The van der Waals surface area contributed by atoms with E-state index in [0.29, 0.717) is 5.13 Å². The summed E-state index contributed by atoms with van der Waals surface area (Å²) < 4.78 is 29.1. The molecule has 5 nitrogen and oxygen atoms in total. The van der Waals surface area contributed by atoms with Gasteiger partial charge in [-0.15, -0.1) is 10.2 Å². The molecule has 1 aromatic heterocycles. The first kappa shape index (κ1) is 18.0. The molecular weight excluding hydrogens is 384 g/mol. The number of anilines is 1. The highest BCUT2D eigenvalue weighted by Gasteiger charge is 2.53. The summed E-state index contributed by atoms with van der Waals surface area (Å²) in [6, 6.07) is 5.74. The molecule has 4 fully saturated rings. The van der Waals surface area contributed by atoms with E-state index in [1.54, 1.807) is 6.07 Å². The molecule has 148 valence electrons. The molecule has 4 bridgehead atoms. The second-order valence-electron chi connectivity index (χ2n) is 8.47. The maximum Gasteiger partial charge on any atom is 0.387 e. The minimum Gasteiger partial charge on any atom is -0.435 e. The molecule has 1 aromatic carbocycles. The van der Waals surface area contributed by atoms with E-state index in [1.165, 1.54) is 68.1 Å². The van der Waals surface area contributed by atoms with Crippen LogP contribution in [0.15, 0.2) is 24.3 Å². The number of ether oxygens (including phenoxy) is 1. The Hall–Kier alpha value is -2.09. The van der Waals surface area contributed by atoms with Crippen LogP contribution in [-0.2, 0) is 5.41 Å². The van der Waals surface area contributed by atoms with Crippen LogP contribution in [0.4, 0.5) is 13.9 Å². The van der Waals surface area contributed by atoms with Crippen molar-refractivity contribution < 1.29 is 18.3 Å². The van der Waals surface area contributed by atoms with Crippen molar-refractivity contribution in [2.45, 2.75) is 50.6 Å². The third-order valence-corrected chi connectivity index (χ3v) is 7.54. The molecule has 4 aliphatic carbocycles. The van der Waals surface area contributed by atoms with Gasteiger partial charge in [-0.05, 0) is 74.5 Å². The van der Waals surface area contributed by atoms with E-state index in [9.17, 15) is 13.6 Å². The Morgan fingerprint density at radius 1 is 1.14 bits per heavy atom. The fourth-order valence-corrected chi connectivity index (χ4v) is 6.80. The Kier molecular flexibility index (Phi) is 4.34. The number of hydrogen-bond acceptors (Lipinski definition) is 5. The summed E-state index contributed by atoms with van der Waals surface area (Å²) in [5.41, 5.74) is 0.380. The molecule has 1 heterocycles. The Bertz CT molecular complexity index is 866. The third kappa shape index (κ3) is 3.27. The van der Waals surface area contributed by atoms with E-state index in [4.69, 9.17) is 0 Å². The maximum atomic E-state index is 12.5. The molecule has 0 atom stereocenters. The average molecular weight is 405 g/mol. The molecule has 8 heteroatoms. The Labute approximate surface area is 165 Å². The van der Waals surface area contributed by atoms with Gasteiger partial charge in [0.15, 0.2) is 0 Å². The lowest BCUT2D eigenvalue weighted by Gasteiger charge is -2.55. The molecule has 0 spiro atoms. The van der Waals surface area contributed by atoms with E-state index in [1.807, 2.05) is 0 Å². The maximum absolute atomic E-state index is 12.5. The van der Waals surface area contributed by atoms with Crippen molar-refractivity contribution in [2.24, 2.45) is 17.8 Å². The molecular formula is C20H21F2N3O2S. The molecule has 6 rings (SSSR count). The second-order valence-corrected chi connectivity index (χ2v) is 9.45. The van der Waals surface area contributed by atoms with E-state index in [0.717, 1.165) is 22.8 Å². The summed E-state index contributed by atoms with van der Waals surface area (Å²) in [5.74, 6) is 1.98. The quantitative estimate of drug-likeness (QED) is 0.772. The first-order valence-electron chi connectivity index (χ1n) is 9.69. The number of halogens is 2. The minimum atomic E-state index is -2.93. The fraction of sp³-hybridized carbons (Fsp3) is 0.550. The number of hydrogen-bond donors (Lipinski definition) is 1. The molecule has 1 N–H and O–H groups in total. The summed E-state index contributed by atoms with van der Waals surface area (Å²) >= 11 is 1.45. The highest BCUT2D eigenvalue weighted by Crippen LogP contribution is 2.61. The third-order valence-electron chi connectivity index (χ3n) is 6.46. The standard InChI is InChI=1S/C20H21F2N3O2S/c21-18(22)27-15-3-1-2-14(7-15)16(26)23-19-25-24-17(28-19)20-8-11-4-12(9-20)6-13(5-11)10-20/h1-3,7,11-13,18H,4-6,8-10H2,(H,23,25,26). The van der Waals surface area contributed by atoms with Gasteiger partial charge in [0.2, 0.25) is 5.13 Å². The zero-order valence-corrected chi connectivity index (χ0v) is 16.1. The van der Waals surface area contributed by atoms with Crippen molar-refractivity contribution in [2.75, 3.05) is 5.32 Å². The number of carbonyl (C=O) groups excluding carboxylic acids is 1. The summed E-state index contributed by atoms with van der Waals surface area (Å²) in [6.07, 6.45) is 7.65. The highest BCUT2D eigenvalue weighted by atomic mass is 32.1. The molecule has 0 radical (unpaired) electrons. The van der Waals surface area contributed by atoms with Gasteiger partial charge in [0.1, 0.15) is 10.8 Å². The molecule has 0 saturated heterocycles. The summed E-state index contributed by atoms with van der Waals surface area (Å²) in [5, 5.41) is 12.9. The lowest BCUT2D eigenvalue weighted by Crippen LogP contribution is -2.48. The van der Waals surface area contributed by atoms with Gasteiger partial charge in [0.05, 0.1) is 0 Å². The molecule has 0 aliphatic heterocycles. The van der Waals surface area contributed by atoms with Crippen molar-refractivity contribution in [1.29, 1.82) is 0 Å². The van der Waals surface area contributed by atoms with E-state index >= 15 is 0 Å². The Morgan fingerprint density at radius 3 is 2.46 bits per heavy atom. The smallest absolute Gasteiger partial charge is 0.387 e. The fourth-order valence-electron chi connectivity index (χ4n) is 5.84. The number of aromatic nitrogens is 2. The first-order chi connectivity index (χ1) is 13.5. The number of benzene rings is 1. The van der Waals surface area contributed by atoms with E-state index in [2.05, 4.69) is 20.3 Å². The van der Waals surface area contributed by atoms with Gasteiger partial charge in [-0.25, -0.2) is 0 Å². The zero-order chi connectivity index (χ0) is 19.3. The number of rotatable bonds is 5. The lowest BCUT2D eigenvalue weighted by atomic mass is 9.50. The molecule has 2 aromatic rings. The zero-order valence-electron chi connectivity index (χ0n) is 15.2. The Balaban J connectivity index is 1.31. The van der Waals surface area contributed by atoms with Crippen molar-refractivity contribution in [3.05, 3.63) is 34.8 Å². The van der Waals surface area contributed by atoms with Crippen LogP contribution in [0.3, 0.4) is 0 Å². The normalized spacial score (nSPS) is 30.6. The van der Waals surface area contributed by atoms with E-state index in [-0.39, 0.29) is 16.7 Å². The van der Waals surface area contributed by atoms with Crippen LogP contribution >= 0.6 is 11.3 Å². The van der Waals surface area contributed by atoms with E-state index < -0.39 is 12.5 Å². The van der Waals surface area contributed by atoms with Gasteiger partial charge in [-0.3, -0.25) is 10.1 Å². The SMILES string of the molecule is O=C(Nc1nnc(C23CC4CC(CC(C4)C2)C3)s1)c1cccc(OC(F)F)c1. The molecule has 0 unspecified atom stereocenters. The second kappa shape index (κ2) is 6.76. The van der Waals surface area contributed by atoms with Crippen LogP contribution < -0.4 is 10.1 Å². The summed E-state index contributed by atoms with van der Waals surface area (Å²) in [6.45, 7) is -2.93. The van der Waals surface area contributed by atoms with Gasteiger partial charge in [0.25, 0.3) is 5.91 Å². The number of amides is 1. The summed E-state index contributed by atoms with van der Waals surface area (Å²) in [4.78, 5) is 12.5. The Morgan fingerprint density at radius 2 is 1.82 bits per heavy atom. The van der Waals surface area contributed by atoms with Crippen molar-refractivity contribution in [3.63, 3.8) is 0 Å². The molecule has 1 amide bonds. The van der Waals surface area contributed by atoms with Crippen LogP contribution in [0.1, 0.15) is 53.9 Å². The van der Waals surface area contributed by atoms with Crippen LogP contribution in [0.5, 0.6) is 5.75 Å². The van der Waals surface area contributed by atoms with Gasteiger partial charge in [-0.1, -0.05) is 17.4 Å². The van der Waals surface area contributed by atoms with Gasteiger partial charge in [-0.2, -0.15) is 8.78 Å².